The first kappa shape index (κ1) is 11.2. The van der Waals surface area contributed by atoms with E-state index in [9.17, 15) is 4.91 Å². The molecule has 78 valence electrons. The topological polar surface area (TPSA) is 65.2 Å². The van der Waals surface area contributed by atoms with E-state index in [1.54, 1.807) is 0 Å². The normalized spacial score (nSPS) is 11.5. The minimum atomic E-state index is -0.782. The Morgan fingerprint density at radius 3 is 2.60 bits per heavy atom. The van der Waals surface area contributed by atoms with Crippen molar-refractivity contribution in [3.05, 3.63) is 34.7 Å². The summed E-state index contributed by atoms with van der Waals surface area (Å²) in [6, 6.07) is 8.71. The molecule has 0 saturated carbocycles. The molecule has 4 nitrogen and oxygen atoms in total. The van der Waals surface area contributed by atoms with Gasteiger partial charge >= 0.3 is 0 Å². The molecule has 1 aromatic rings. The average Bonchev–Trinajstić information content (AvgIpc) is 2.28. The van der Waals surface area contributed by atoms with Gasteiger partial charge in [-0.1, -0.05) is 17.3 Å². The highest BCUT2D eigenvalue weighted by atomic mass is 16.3. The van der Waals surface area contributed by atoms with Crippen molar-refractivity contribution in [3.8, 4) is 6.07 Å². The summed E-state index contributed by atoms with van der Waals surface area (Å²) in [6.07, 6.45) is 0.381. The van der Waals surface area contributed by atoms with Crippen molar-refractivity contribution in [2.75, 3.05) is 11.9 Å². The maximum absolute atomic E-state index is 10.2. The van der Waals surface area contributed by atoms with Crippen LogP contribution in [0.4, 0.5) is 5.69 Å². The Labute approximate surface area is 88.9 Å². The zero-order valence-electron chi connectivity index (χ0n) is 8.60. The Morgan fingerprint density at radius 1 is 1.47 bits per heavy atom. The number of nitriles is 1. The Hall–Kier alpha value is -1.89. The molecule has 4 heteroatoms. The van der Waals surface area contributed by atoms with E-state index in [4.69, 9.17) is 5.26 Å². The van der Waals surface area contributed by atoms with Crippen LogP contribution in [0.1, 0.15) is 12.5 Å². The van der Waals surface area contributed by atoms with Crippen molar-refractivity contribution in [1.82, 2.24) is 0 Å². The van der Waals surface area contributed by atoms with Crippen LogP contribution in [-0.4, -0.2) is 12.6 Å². The molecule has 0 heterocycles. The number of hydrogen-bond acceptors (Lipinski definition) is 4. The maximum Gasteiger partial charge on any atom is 0.182 e. The highest BCUT2D eigenvalue weighted by molar-refractivity contribution is 5.44. The Balaban J connectivity index is 2.64. The van der Waals surface area contributed by atoms with Crippen molar-refractivity contribution in [3.63, 3.8) is 0 Å². The molecule has 1 N–H and O–H groups in total. The van der Waals surface area contributed by atoms with E-state index >= 15 is 0 Å². The highest BCUT2D eigenvalue weighted by Gasteiger charge is 2.07. The number of benzene rings is 1. The van der Waals surface area contributed by atoms with E-state index in [0.717, 1.165) is 17.8 Å². The summed E-state index contributed by atoms with van der Waals surface area (Å²) < 4.78 is 0. The van der Waals surface area contributed by atoms with Crippen LogP contribution >= 0.6 is 0 Å². The Kier molecular flexibility index (Phi) is 4.30. The van der Waals surface area contributed by atoms with Crippen LogP contribution < -0.4 is 5.32 Å². The van der Waals surface area contributed by atoms with Gasteiger partial charge in [-0.25, -0.2) is 0 Å². The lowest BCUT2D eigenvalue weighted by molar-refractivity contribution is 0.817. The van der Waals surface area contributed by atoms with Crippen molar-refractivity contribution >= 4 is 5.69 Å². The molecule has 1 rings (SSSR count). The van der Waals surface area contributed by atoms with Crippen LogP contribution in [0.2, 0.25) is 0 Å². The van der Waals surface area contributed by atoms with Crippen molar-refractivity contribution < 1.29 is 0 Å². The fraction of sp³-hybridized carbons (Fsp3) is 0.364. The molecule has 0 bridgehead atoms. The van der Waals surface area contributed by atoms with Crippen LogP contribution in [0.3, 0.4) is 0 Å². The third-order valence-corrected chi connectivity index (χ3v) is 2.04. The van der Waals surface area contributed by atoms with Gasteiger partial charge in [0.2, 0.25) is 0 Å². The summed E-state index contributed by atoms with van der Waals surface area (Å²) in [5.41, 5.74) is 1.98. The molecule has 0 spiro atoms. The summed E-state index contributed by atoms with van der Waals surface area (Å²) in [5.74, 6) is 0. The number of nitrogens with one attached hydrogen (secondary N) is 1. The molecular formula is C11H13N3O. The van der Waals surface area contributed by atoms with Crippen LogP contribution in [-0.2, 0) is 6.42 Å². The van der Waals surface area contributed by atoms with Gasteiger partial charge in [0.05, 0.1) is 6.07 Å². The second-order valence-corrected chi connectivity index (χ2v) is 3.18. The molecule has 1 atom stereocenters. The van der Waals surface area contributed by atoms with Crippen molar-refractivity contribution in [1.29, 1.82) is 5.26 Å². The lowest BCUT2D eigenvalue weighted by atomic mass is 10.1. The van der Waals surface area contributed by atoms with Crippen LogP contribution in [0.25, 0.3) is 0 Å². The van der Waals surface area contributed by atoms with Gasteiger partial charge in [0, 0.05) is 18.7 Å². The second-order valence-electron chi connectivity index (χ2n) is 3.18. The molecule has 0 fully saturated rings. The fourth-order valence-corrected chi connectivity index (χ4v) is 1.29. The van der Waals surface area contributed by atoms with Crippen molar-refractivity contribution in [2.24, 2.45) is 5.18 Å². The van der Waals surface area contributed by atoms with Gasteiger partial charge in [-0.05, 0) is 24.6 Å². The van der Waals surface area contributed by atoms with Crippen LogP contribution in [0, 0.1) is 16.2 Å². The zero-order valence-corrected chi connectivity index (χ0v) is 8.60. The van der Waals surface area contributed by atoms with E-state index in [-0.39, 0.29) is 0 Å². The molecule has 0 saturated heterocycles. The number of hydrogen-bond donors (Lipinski definition) is 1. The predicted molar refractivity (Wildman–Crippen MR) is 59.5 cm³/mol. The number of nitrogens with zero attached hydrogens (tertiary/aromatic N) is 2. The van der Waals surface area contributed by atoms with Gasteiger partial charge in [0.25, 0.3) is 0 Å². The van der Waals surface area contributed by atoms with Gasteiger partial charge in [-0.15, -0.1) is 4.91 Å². The minimum Gasteiger partial charge on any atom is -0.385 e. The predicted octanol–water partition coefficient (Wildman–Crippen LogP) is 2.32. The lowest BCUT2D eigenvalue weighted by Gasteiger charge is -2.05. The van der Waals surface area contributed by atoms with E-state index in [2.05, 4.69) is 10.5 Å². The Morgan fingerprint density at radius 2 is 2.13 bits per heavy atom. The first-order valence-electron chi connectivity index (χ1n) is 4.85. The smallest absolute Gasteiger partial charge is 0.182 e. The highest BCUT2D eigenvalue weighted by Crippen LogP contribution is 2.11. The molecule has 1 unspecified atom stereocenters. The van der Waals surface area contributed by atoms with Gasteiger partial charge in [-0.2, -0.15) is 5.26 Å². The largest absolute Gasteiger partial charge is 0.385 e. The van der Waals surface area contributed by atoms with E-state index < -0.39 is 6.04 Å². The third kappa shape index (κ3) is 3.39. The van der Waals surface area contributed by atoms with Crippen LogP contribution in [0.5, 0.6) is 0 Å². The standard InChI is InChI=1S/C11H13N3O/c1-2-13-10-5-3-9(4-6-10)7-11(8-12)14-15/h3-6,11,13H,2,7H2,1H3. The summed E-state index contributed by atoms with van der Waals surface area (Å²) in [5, 5.41) is 14.5. The third-order valence-electron chi connectivity index (χ3n) is 2.04. The maximum atomic E-state index is 10.2. The molecule has 0 aliphatic carbocycles. The SMILES string of the molecule is CCNc1ccc(CC(C#N)N=O)cc1. The van der Waals surface area contributed by atoms with E-state index in [1.165, 1.54) is 0 Å². The zero-order chi connectivity index (χ0) is 11.1. The second kappa shape index (κ2) is 5.76. The molecule has 1 aromatic carbocycles. The average molecular weight is 203 g/mol. The number of nitroso groups, excluding NO2 is 1. The quantitative estimate of drug-likeness (QED) is 0.747. The van der Waals surface area contributed by atoms with E-state index in [0.29, 0.717) is 6.42 Å². The molecule has 0 aliphatic rings. The van der Waals surface area contributed by atoms with Gasteiger partial charge < -0.3 is 5.32 Å². The fourth-order valence-electron chi connectivity index (χ4n) is 1.29. The molecular weight excluding hydrogens is 190 g/mol. The lowest BCUT2D eigenvalue weighted by Crippen LogP contribution is -2.04. The molecule has 0 aliphatic heterocycles. The monoisotopic (exact) mass is 203 g/mol. The summed E-state index contributed by atoms with van der Waals surface area (Å²) in [6.45, 7) is 2.89. The van der Waals surface area contributed by atoms with Gasteiger partial charge in [-0.3, -0.25) is 0 Å². The van der Waals surface area contributed by atoms with Gasteiger partial charge in [0.15, 0.2) is 6.04 Å². The molecule has 15 heavy (non-hydrogen) atoms. The first-order chi connectivity index (χ1) is 7.30. The molecule has 0 radical (unpaired) electrons. The van der Waals surface area contributed by atoms with E-state index in [1.807, 2.05) is 37.3 Å². The van der Waals surface area contributed by atoms with Crippen molar-refractivity contribution in [2.45, 2.75) is 19.4 Å². The summed E-state index contributed by atoms with van der Waals surface area (Å²) in [4.78, 5) is 10.2. The molecule has 0 amide bonds. The number of rotatable bonds is 5. The molecule has 0 aromatic heterocycles. The Bertz CT molecular complexity index is 353. The summed E-state index contributed by atoms with van der Waals surface area (Å²) >= 11 is 0. The first-order valence-corrected chi connectivity index (χ1v) is 4.85. The minimum absolute atomic E-state index is 0.381. The summed E-state index contributed by atoms with van der Waals surface area (Å²) in [7, 11) is 0. The van der Waals surface area contributed by atoms with Crippen LogP contribution in [0.15, 0.2) is 29.4 Å². The number of anilines is 1. The van der Waals surface area contributed by atoms with Gasteiger partial charge in [0.1, 0.15) is 0 Å².